The quantitative estimate of drug-likeness (QED) is 0.326. The lowest BCUT2D eigenvalue weighted by Crippen LogP contribution is -2.19. The molecule has 0 aliphatic rings. The van der Waals surface area contributed by atoms with E-state index >= 15 is 0 Å². The van der Waals surface area contributed by atoms with Gasteiger partial charge in [0.1, 0.15) is 0 Å². The van der Waals surface area contributed by atoms with Crippen LogP contribution in [0.5, 0.6) is 0 Å². The number of hydrogen-bond acceptors (Lipinski definition) is 11. The molecule has 0 saturated carbocycles. The van der Waals surface area contributed by atoms with Crippen molar-refractivity contribution in [1.29, 1.82) is 0 Å². The Morgan fingerprint density at radius 1 is 0.680 bits per heavy atom. The van der Waals surface area contributed by atoms with Gasteiger partial charge in [0.05, 0.1) is 24.4 Å². The molecule has 0 saturated heterocycles. The summed E-state index contributed by atoms with van der Waals surface area (Å²) in [5, 5.41) is 0. The van der Waals surface area contributed by atoms with Gasteiger partial charge >= 0.3 is 10.4 Å². The van der Waals surface area contributed by atoms with E-state index in [1.54, 1.807) is 6.92 Å². The van der Waals surface area contributed by atoms with Crippen molar-refractivity contribution < 1.29 is 45.1 Å². The lowest BCUT2D eigenvalue weighted by Gasteiger charge is -2.06. The lowest BCUT2D eigenvalue weighted by atomic mass is 10.2. The summed E-state index contributed by atoms with van der Waals surface area (Å²) in [5.74, 6) is -1.13. The zero-order valence-electron chi connectivity index (χ0n) is 13.8. The summed E-state index contributed by atoms with van der Waals surface area (Å²) in [4.78, 5) is 0. The van der Waals surface area contributed by atoms with Gasteiger partial charge in [-0.25, -0.2) is 4.18 Å². The van der Waals surface area contributed by atoms with Crippen molar-refractivity contribution in [3.63, 3.8) is 0 Å². The van der Waals surface area contributed by atoms with E-state index in [1.807, 2.05) is 0 Å². The largest absolute Gasteiger partial charge is 0.414 e. The lowest BCUT2D eigenvalue weighted by molar-refractivity contribution is 0.274. The molecule has 11 nitrogen and oxygen atoms in total. The molecule has 0 fully saturated rings. The third-order valence-corrected chi connectivity index (χ3v) is 7.73. The van der Waals surface area contributed by atoms with Crippen LogP contribution in [0.4, 0.5) is 0 Å². The summed E-state index contributed by atoms with van der Waals surface area (Å²) in [5.41, 5.74) is 0. The Morgan fingerprint density at radius 3 is 1.52 bits per heavy atom. The summed E-state index contributed by atoms with van der Waals surface area (Å²) in [6.07, 6.45) is 1.56. The van der Waals surface area contributed by atoms with Gasteiger partial charge in [-0.2, -0.15) is 33.7 Å². The van der Waals surface area contributed by atoms with Gasteiger partial charge in [-0.15, -0.1) is 7.26 Å². The molecule has 0 radical (unpaired) electrons. The van der Waals surface area contributed by atoms with E-state index in [9.17, 15) is 33.7 Å². The average molecular weight is 447 g/mol. The smallest absolute Gasteiger partial charge is 0.247 e. The fourth-order valence-corrected chi connectivity index (χ4v) is 6.21. The SMILES string of the molecule is CCCOS(=O)(=O)OS(=O)(=O)CCCCCCS(=O)(=O)OS(C)(=O)=O. The summed E-state index contributed by atoms with van der Waals surface area (Å²) < 4.78 is 102. The van der Waals surface area contributed by atoms with Crippen molar-refractivity contribution in [3.05, 3.63) is 0 Å². The first-order valence-corrected chi connectivity index (χ1v) is 13.5. The minimum Gasteiger partial charge on any atom is -0.247 e. The maximum absolute atomic E-state index is 11.5. The van der Waals surface area contributed by atoms with Crippen molar-refractivity contribution in [1.82, 2.24) is 0 Å². The minimum atomic E-state index is -4.63. The second kappa shape index (κ2) is 10.1. The fraction of sp³-hybridized carbons (Fsp3) is 1.00. The van der Waals surface area contributed by atoms with E-state index < -0.39 is 52.3 Å². The van der Waals surface area contributed by atoms with Crippen LogP contribution in [0.15, 0.2) is 0 Å². The Labute approximate surface area is 149 Å². The summed E-state index contributed by atoms with van der Waals surface area (Å²) >= 11 is 0. The summed E-state index contributed by atoms with van der Waals surface area (Å²) in [7, 11) is -17.3. The number of rotatable bonds is 14. The molecular weight excluding hydrogens is 424 g/mol. The van der Waals surface area contributed by atoms with Gasteiger partial charge in [-0.05, 0) is 19.3 Å². The molecule has 0 amide bonds. The van der Waals surface area contributed by atoms with Crippen LogP contribution in [0.1, 0.15) is 39.0 Å². The molecule has 25 heavy (non-hydrogen) atoms. The van der Waals surface area contributed by atoms with Gasteiger partial charge in [0, 0.05) is 0 Å². The minimum absolute atomic E-state index is 0.0264. The van der Waals surface area contributed by atoms with Crippen LogP contribution >= 0.6 is 0 Å². The van der Waals surface area contributed by atoms with E-state index in [4.69, 9.17) is 0 Å². The molecule has 0 aliphatic carbocycles. The Hall–Kier alpha value is -0.320. The summed E-state index contributed by atoms with van der Waals surface area (Å²) in [6, 6.07) is 0. The first-order chi connectivity index (χ1) is 11.2. The monoisotopic (exact) mass is 446 g/mol. The predicted molar refractivity (Wildman–Crippen MR) is 88.2 cm³/mol. The van der Waals surface area contributed by atoms with Crippen LogP contribution in [0, 0.1) is 0 Å². The van der Waals surface area contributed by atoms with Crippen LogP contribution in [-0.4, -0.2) is 58.0 Å². The van der Waals surface area contributed by atoms with E-state index in [0.29, 0.717) is 12.7 Å². The highest BCUT2D eigenvalue weighted by atomic mass is 32.3. The molecule has 0 aliphatic heterocycles. The Kier molecular flexibility index (Phi) is 10.00. The van der Waals surface area contributed by atoms with E-state index in [2.05, 4.69) is 11.4 Å². The molecule has 0 aromatic carbocycles. The second-order valence-electron chi connectivity index (χ2n) is 5.01. The molecule has 0 aromatic heterocycles. The molecule has 0 heterocycles. The predicted octanol–water partition coefficient (Wildman–Crippen LogP) is -0.129. The van der Waals surface area contributed by atoms with Crippen molar-refractivity contribution in [2.24, 2.45) is 0 Å². The third kappa shape index (κ3) is 14.5. The molecule has 0 bridgehead atoms. The van der Waals surface area contributed by atoms with Gasteiger partial charge in [-0.3, -0.25) is 0 Å². The van der Waals surface area contributed by atoms with Crippen molar-refractivity contribution in [2.75, 3.05) is 24.4 Å². The summed E-state index contributed by atoms with van der Waals surface area (Å²) in [6.45, 7) is 1.42. The Balaban J connectivity index is 4.16. The normalized spacial score (nSPS) is 13.8. The molecule has 0 atom stereocenters. The Morgan fingerprint density at radius 2 is 1.12 bits per heavy atom. The standard InChI is InChI=1S/C10H22O11S4/c1-3-8-19-25(17,18)21-24(15,16)10-7-5-4-6-9-23(13,14)20-22(2,11)12/h3-10H2,1-2H3. The molecule has 0 unspecified atom stereocenters. The zero-order valence-corrected chi connectivity index (χ0v) is 17.0. The van der Waals surface area contributed by atoms with Gasteiger partial charge in [0.25, 0.3) is 30.4 Å². The fourth-order valence-electron chi connectivity index (χ4n) is 1.50. The van der Waals surface area contributed by atoms with E-state index in [1.165, 1.54) is 0 Å². The molecule has 152 valence electrons. The molecule has 0 spiro atoms. The zero-order chi connectivity index (χ0) is 19.8. The Bertz CT molecular complexity index is 806. The molecule has 0 aromatic rings. The molecule has 0 N–H and O–H groups in total. The van der Waals surface area contributed by atoms with Gasteiger partial charge in [0.15, 0.2) is 0 Å². The highest BCUT2D eigenvalue weighted by Gasteiger charge is 2.23. The highest BCUT2D eigenvalue weighted by Crippen LogP contribution is 2.10. The molecule has 15 heteroatoms. The van der Waals surface area contributed by atoms with Crippen LogP contribution in [-0.2, 0) is 52.2 Å². The highest BCUT2D eigenvalue weighted by molar-refractivity contribution is 7.99. The maximum atomic E-state index is 11.5. The second-order valence-corrected chi connectivity index (χ2v) is 11.6. The molecule has 0 rings (SSSR count). The van der Waals surface area contributed by atoms with Crippen LogP contribution in [0.2, 0.25) is 0 Å². The van der Waals surface area contributed by atoms with E-state index in [0.717, 1.165) is 0 Å². The van der Waals surface area contributed by atoms with Crippen molar-refractivity contribution >= 4 is 40.8 Å². The first-order valence-electron chi connectivity index (χ1n) is 7.15. The topological polar surface area (TPSA) is 164 Å². The van der Waals surface area contributed by atoms with Gasteiger partial charge < -0.3 is 0 Å². The van der Waals surface area contributed by atoms with Crippen molar-refractivity contribution in [3.8, 4) is 0 Å². The average Bonchev–Trinajstić information content (AvgIpc) is 2.36. The maximum Gasteiger partial charge on any atom is 0.414 e. The third-order valence-electron chi connectivity index (χ3n) is 2.38. The molecular formula is C10H22O11S4. The van der Waals surface area contributed by atoms with Crippen LogP contribution < -0.4 is 0 Å². The van der Waals surface area contributed by atoms with Gasteiger partial charge in [-0.1, -0.05) is 19.8 Å². The van der Waals surface area contributed by atoms with Crippen LogP contribution in [0.3, 0.4) is 0 Å². The van der Waals surface area contributed by atoms with Gasteiger partial charge in [0.2, 0.25) is 0 Å². The van der Waals surface area contributed by atoms with Crippen molar-refractivity contribution in [2.45, 2.75) is 39.0 Å². The van der Waals surface area contributed by atoms with E-state index in [-0.39, 0.29) is 32.3 Å². The number of unbranched alkanes of at least 4 members (excludes halogenated alkanes) is 3. The van der Waals surface area contributed by atoms with Crippen LogP contribution in [0.25, 0.3) is 0 Å². The first kappa shape index (κ1) is 24.7. The number of hydrogen-bond donors (Lipinski definition) is 0.